The fourth-order valence-electron chi connectivity index (χ4n) is 1.90. The van der Waals surface area contributed by atoms with Gasteiger partial charge < -0.3 is 15.2 Å². The third-order valence-corrected chi connectivity index (χ3v) is 3.47. The molecule has 0 aliphatic carbocycles. The fourth-order valence-corrected chi connectivity index (χ4v) is 2.12. The van der Waals surface area contributed by atoms with Crippen LogP contribution in [0.4, 0.5) is 5.69 Å². The summed E-state index contributed by atoms with van der Waals surface area (Å²) in [4.78, 5) is 11.7. The standard InChI is InChI=1S/C17H18ClN3O3/c1-11-3-5-13(6-4-11)19-10-16(22)21-20-9-12-7-14(18)17(23)15(8-12)24-2/h3-9,19,23H,10H2,1-2H3,(H,21,22). The molecular weight excluding hydrogens is 330 g/mol. The summed E-state index contributed by atoms with van der Waals surface area (Å²) in [5, 5.41) is 16.6. The van der Waals surface area contributed by atoms with Crippen LogP contribution in [0.25, 0.3) is 0 Å². The molecule has 3 N–H and O–H groups in total. The van der Waals surface area contributed by atoms with Gasteiger partial charge in [0, 0.05) is 5.69 Å². The summed E-state index contributed by atoms with van der Waals surface area (Å²) in [5.41, 5.74) is 5.00. The number of carbonyl (C=O) groups is 1. The Balaban J connectivity index is 1.88. The maximum absolute atomic E-state index is 11.7. The average molecular weight is 348 g/mol. The average Bonchev–Trinajstić information content (AvgIpc) is 2.57. The minimum absolute atomic E-state index is 0.0973. The molecule has 0 spiro atoms. The number of carbonyl (C=O) groups excluding carboxylic acids is 1. The largest absolute Gasteiger partial charge is 0.503 e. The highest BCUT2D eigenvalue weighted by molar-refractivity contribution is 6.32. The lowest BCUT2D eigenvalue weighted by Gasteiger charge is -2.06. The van der Waals surface area contributed by atoms with E-state index >= 15 is 0 Å². The first-order valence-electron chi connectivity index (χ1n) is 7.18. The van der Waals surface area contributed by atoms with E-state index < -0.39 is 0 Å². The number of hydrogen-bond donors (Lipinski definition) is 3. The molecule has 0 saturated carbocycles. The molecule has 2 aromatic rings. The normalized spacial score (nSPS) is 10.6. The van der Waals surface area contributed by atoms with Gasteiger partial charge in [-0.05, 0) is 36.8 Å². The second-order valence-electron chi connectivity index (χ2n) is 5.07. The molecule has 0 atom stereocenters. The van der Waals surface area contributed by atoms with E-state index in [1.54, 1.807) is 6.07 Å². The number of hydrogen-bond acceptors (Lipinski definition) is 5. The van der Waals surface area contributed by atoms with Crippen molar-refractivity contribution >= 4 is 29.4 Å². The van der Waals surface area contributed by atoms with E-state index in [1.165, 1.54) is 19.4 Å². The van der Waals surface area contributed by atoms with Gasteiger partial charge in [0.1, 0.15) is 0 Å². The van der Waals surface area contributed by atoms with Gasteiger partial charge in [-0.25, -0.2) is 5.43 Å². The zero-order chi connectivity index (χ0) is 17.5. The molecule has 24 heavy (non-hydrogen) atoms. The lowest BCUT2D eigenvalue weighted by Crippen LogP contribution is -2.25. The number of aromatic hydroxyl groups is 1. The zero-order valence-electron chi connectivity index (χ0n) is 13.3. The molecule has 0 bridgehead atoms. The van der Waals surface area contributed by atoms with Gasteiger partial charge in [0.2, 0.25) is 0 Å². The minimum Gasteiger partial charge on any atom is -0.503 e. The smallest absolute Gasteiger partial charge is 0.259 e. The number of nitrogens with one attached hydrogen (secondary N) is 2. The van der Waals surface area contributed by atoms with Gasteiger partial charge in [0.25, 0.3) is 5.91 Å². The zero-order valence-corrected chi connectivity index (χ0v) is 14.1. The molecule has 0 saturated heterocycles. The monoisotopic (exact) mass is 347 g/mol. The van der Waals surface area contributed by atoms with Gasteiger partial charge in [0.15, 0.2) is 11.5 Å². The predicted octanol–water partition coefficient (Wildman–Crippen LogP) is 2.92. The van der Waals surface area contributed by atoms with Crippen LogP contribution in [-0.2, 0) is 4.79 Å². The van der Waals surface area contributed by atoms with Gasteiger partial charge in [-0.2, -0.15) is 5.10 Å². The number of amides is 1. The van der Waals surface area contributed by atoms with Gasteiger partial charge in [-0.15, -0.1) is 0 Å². The van der Waals surface area contributed by atoms with Crippen molar-refractivity contribution in [2.75, 3.05) is 19.0 Å². The van der Waals surface area contributed by atoms with Crippen LogP contribution >= 0.6 is 11.6 Å². The van der Waals surface area contributed by atoms with Gasteiger partial charge in [-0.3, -0.25) is 4.79 Å². The third-order valence-electron chi connectivity index (χ3n) is 3.18. The van der Waals surface area contributed by atoms with E-state index in [9.17, 15) is 9.90 Å². The third kappa shape index (κ3) is 4.89. The molecular formula is C17H18ClN3O3. The minimum atomic E-state index is -0.288. The summed E-state index contributed by atoms with van der Waals surface area (Å²) >= 11 is 5.88. The van der Waals surface area contributed by atoms with E-state index in [-0.39, 0.29) is 29.0 Å². The first-order valence-corrected chi connectivity index (χ1v) is 7.56. The highest BCUT2D eigenvalue weighted by atomic mass is 35.5. The Morgan fingerprint density at radius 3 is 2.71 bits per heavy atom. The van der Waals surface area contributed by atoms with Crippen molar-refractivity contribution in [1.29, 1.82) is 0 Å². The molecule has 0 radical (unpaired) electrons. The van der Waals surface area contributed by atoms with Gasteiger partial charge >= 0.3 is 0 Å². The summed E-state index contributed by atoms with van der Waals surface area (Å²) in [7, 11) is 1.42. The van der Waals surface area contributed by atoms with E-state index in [2.05, 4.69) is 15.8 Å². The van der Waals surface area contributed by atoms with Crippen LogP contribution in [0, 0.1) is 6.92 Å². The molecule has 2 aromatic carbocycles. The summed E-state index contributed by atoms with van der Waals surface area (Å²) in [6.45, 7) is 2.09. The summed E-state index contributed by atoms with van der Waals surface area (Å²) in [6.07, 6.45) is 1.41. The number of methoxy groups -OCH3 is 1. The second-order valence-corrected chi connectivity index (χ2v) is 5.47. The molecule has 1 amide bonds. The number of anilines is 1. The number of benzene rings is 2. The number of ether oxygens (including phenoxy) is 1. The van der Waals surface area contributed by atoms with Crippen LogP contribution in [0.2, 0.25) is 5.02 Å². The summed E-state index contributed by atoms with van der Waals surface area (Å²) in [5.74, 6) is -0.192. The first kappa shape index (κ1) is 17.6. The van der Waals surface area contributed by atoms with Crippen LogP contribution in [0.1, 0.15) is 11.1 Å². The lowest BCUT2D eigenvalue weighted by atomic mass is 10.2. The maximum Gasteiger partial charge on any atom is 0.259 e. The Bertz CT molecular complexity index is 745. The number of rotatable bonds is 6. The topological polar surface area (TPSA) is 83.0 Å². The molecule has 0 aliphatic heterocycles. The number of aryl methyl sites for hydroxylation is 1. The van der Waals surface area contributed by atoms with Crippen molar-refractivity contribution in [2.45, 2.75) is 6.92 Å². The van der Waals surface area contributed by atoms with Crippen molar-refractivity contribution in [3.05, 3.63) is 52.5 Å². The quantitative estimate of drug-likeness (QED) is 0.554. The Kier molecular flexibility index (Phi) is 6.03. The molecule has 2 rings (SSSR count). The van der Waals surface area contributed by atoms with Gasteiger partial charge in [0.05, 0.1) is 24.9 Å². The highest BCUT2D eigenvalue weighted by Crippen LogP contribution is 2.34. The van der Waals surface area contributed by atoms with Crippen LogP contribution in [0.5, 0.6) is 11.5 Å². The van der Waals surface area contributed by atoms with Gasteiger partial charge in [-0.1, -0.05) is 29.3 Å². The van der Waals surface area contributed by atoms with Crippen LogP contribution in [0.3, 0.4) is 0 Å². The Hall–Kier alpha value is -2.73. The number of phenolic OH excluding ortho intramolecular Hbond substituents is 1. The molecule has 7 heteroatoms. The molecule has 126 valence electrons. The first-order chi connectivity index (χ1) is 11.5. The van der Waals surface area contributed by atoms with Crippen molar-refractivity contribution in [3.63, 3.8) is 0 Å². The van der Waals surface area contributed by atoms with Crippen molar-refractivity contribution in [1.82, 2.24) is 5.43 Å². The second kappa shape index (κ2) is 8.21. The van der Waals surface area contributed by atoms with Crippen LogP contribution in [-0.4, -0.2) is 30.9 Å². The molecule has 0 unspecified atom stereocenters. The van der Waals surface area contributed by atoms with Crippen LogP contribution in [0.15, 0.2) is 41.5 Å². The SMILES string of the molecule is COc1cc(C=NNC(=O)CNc2ccc(C)cc2)cc(Cl)c1O. The molecule has 0 fully saturated rings. The number of phenols is 1. The molecule has 0 aliphatic rings. The highest BCUT2D eigenvalue weighted by Gasteiger charge is 2.08. The summed E-state index contributed by atoms with van der Waals surface area (Å²) in [6, 6.07) is 10.8. The van der Waals surface area contributed by atoms with Crippen molar-refractivity contribution in [3.8, 4) is 11.5 Å². The number of hydrazone groups is 1. The fraction of sp³-hybridized carbons (Fsp3) is 0.176. The Morgan fingerprint density at radius 1 is 1.33 bits per heavy atom. The Labute approximate surface area is 145 Å². The van der Waals surface area contributed by atoms with Crippen molar-refractivity contribution in [2.24, 2.45) is 5.10 Å². The summed E-state index contributed by atoms with van der Waals surface area (Å²) < 4.78 is 5.00. The maximum atomic E-state index is 11.7. The molecule has 0 aromatic heterocycles. The van der Waals surface area contributed by atoms with E-state index in [1.807, 2.05) is 31.2 Å². The van der Waals surface area contributed by atoms with Crippen LogP contribution < -0.4 is 15.5 Å². The molecule has 6 nitrogen and oxygen atoms in total. The number of halogens is 1. The Morgan fingerprint density at radius 2 is 2.04 bits per heavy atom. The van der Waals surface area contributed by atoms with Crippen molar-refractivity contribution < 1.29 is 14.6 Å². The number of nitrogens with zero attached hydrogens (tertiary/aromatic N) is 1. The predicted molar refractivity (Wildman–Crippen MR) is 95.1 cm³/mol. The molecule has 0 heterocycles. The van der Waals surface area contributed by atoms with E-state index in [0.717, 1.165) is 11.3 Å². The van der Waals surface area contributed by atoms with E-state index in [4.69, 9.17) is 16.3 Å². The van der Waals surface area contributed by atoms with E-state index in [0.29, 0.717) is 5.56 Å². The lowest BCUT2D eigenvalue weighted by molar-refractivity contribution is -0.119.